The Morgan fingerprint density at radius 2 is 1.95 bits per heavy atom. The number of pyridine rings is 2. The number of hydrogen-bond acceptors (Lipinski definition) is 6. The summed E-state index contributed by atoms with van der Waals surface area (Å²) in [6, 6.07) is 8.11. The molecule has 6 nitrogen and oxygen atoms in total. The van der Waals surface area contributed by atoms with Crippen LogP contribution in [0.15, 0.2) is 62.6 Å². The third kappa shape index (κ3) is 6.76. The molecule has 5 rings (SSSR count). The van der Waals surface area contributed by atoms with Crippen LogP contribution < -0.4 is 21.2 Å². The van der Waals surface area contributed by atoms with Crippen LogP contribution in [-0.4, -0.2) is 26.7 Å². The number of rotatable bonds is 11. The molecule has 0 spiro atoms. The van der Waals surface area contributed by atoms with Gasteiger partial charge in [0.05, 0.1) is 16.3 Å². The van der Waals surface area contributed by atoms with Gasteiger partial charge in [-0.1, -0.05) is 38.7 Å². The molecule has 222 valence electrons. The number of allylic oxidation sites excluding steroid dienone is 2. The second kappa shape index (κ2) is 13.4. The summed E-state index contributed by atoms with van der Waals surface area (Å²) in [6.07, 6.45) is 12.2. The highest BCUT2D eigenvalue weighted by atomic mass is 32.1. The van der Waals surface area contributed by atoms with Gasteiger partial charge in [0.15, 0.2) is 0 Å². The molecular formula is C35H39FN6S. The number of hydrogen-bond donors (Lipinski definition) is 3. The number of nitrogens with one attached hydrogen (secondary N) is 3. The maximum absolute atomic E-state index is 16.3. The van der Waals surface area contributed by atoms with E-state index < -0.39 is 5.83 Å². The lowest BCUT2D eigenvalue weighted by Gasteiger charge is -2.13. The summed E-state index contributed by atoms with van der Waals surface area (Å²) in [5.74, 6) is 0.889. The first-order chi connectivity index (χ1) is 20.8. The van der Waals surface area contributed by atoms with Gasteiger partial charge >= 0.3 is 0 Å². The van der Waals surface area contributed by atoms with Crippen molar-refractivity contribution in [3.63, 3.8) is 0 Å². The number of H-pyrrole nitrogens is 1. The van der Waals surface area contributed by atoms with E-state index in [1.165, 1.54) is 25.7 Å². The minimum Gasteiger partial charge on any atom is -0.339 e. The molecule has 0 aromatic carbocycles. The van der Waals surface area contributed by atoms with Crippen LogP contribution in [0.3, 0.4) is 0 Å². The zero-order valence-electron chi connectivity index (χ0n) is 25.2. The van der Waals surface area contributed by atoms with E-state index in [-0.39, 0.29) is 5.57 Å². The zero-order valence-corrected chi connectivity index (χ0v) is 26.0. The molecule has 1 fully saturated rings. The van der Waals surface area contributed by atoms with Gasteiger partial charge in [0.25, 0.3) is 0 Å². The quantitative estimate of drug-likeness (QED) is 0.171. The lowest BCUT2D eigenvalue weighted by molar-refractivity contribution is 0.489. The molecule has 8 heteroatoms. The predicted molar refractivity (Wildman–Crippen MR) is 179 cm³/mol. The molecule has 0 bridgehead atoms. The van der Waals surface area contributed by atoms with Crippen LogP contribution in [0.2, 0.25) is 0 Å². The van der Waals surface area contributed by atoms with E-state index in [0.29, 0.717) is 39.9 Å². The van der Waals surface area contributed by atoms with Gasteiger partial charge in [0, 0.05) is 51.6 Å². The maximum atomic E-state index is 16.3. The fourth-order valence-corrected chi connectivity index (χ4v) is 6.52. The topological polar surface area (TPSA) is 78.5 Å². The fourth-order valence-electron chi connectivity index (χ4n) is 5.51. The first-order valence-electron chi connectivity index (χ1n) is 14.7. The van der Waals surface area contributed by atoms with Crippen molar-refractivity contribution in [2.45, 2.75) is 53.0 Å². The van der Waals surface area contributed by atoms with Crippen LogP contribution in [0.25, 0.3) is 39.2 Å². The Kier molecular flexibility index (Phi) is 9.48. The lowest BCUT2D eigenvalue weighted by Crippen LogP contribution is -2.27. The minimum absolute atomic E-state index is 0.242. The average molecular weight is 595 g/mol. The van der Waals surface area contributed by atoms with Gasteiger partial charge in [-0.05, 0) is 87.0 Å². The van der Waals surface area contributed by atoms with E-state index in [4.69, 9.17) is 0 Å². The number of thiophene rings is 1. The molecule has 4 aromatic heterocycles. The van der Waals surface area contributed by atoms with Crippen molar-refractivity contribution in [3.8, 4) is 10.4 Å². The molecule has 43 heavy (non-hydrogen) atoms. The number of halogens is 1. The summed E-state index contributed by atoms with van der Waals surface area (Å²) >= 11 is 1.69. The maximum Gasteiger partial charge on any atom is 0.142 e. The Hall–Kier alpha value is -4.14. The van der Waals surface area contributed by atoms with Crippen molar-refractivity contribution in [3.05, 3.63) is 100 Å². The molecule has 0 amide bonds. The van der Waals surface area contributed by atoms with Crippen LogP contribution >= 0.6 is 11.3 Å². The summed E-state index contributed by atoms with van der Waals surface area (Å²) in [6.45, 7) is 19.9. The van der Waals surface area contributed by atoms with E-state index in [1.807, 2.05) is 39.1 Å². The van der Waals surface area contributed by atoms with E-state index in [9.17, 15) is 0 Å². The average Bonchev–Trinajstić information content (AvgIpc) is 3.79. The molecule has 4 aromatic rings. The van der Waals surface area contributed by atoms with E-state index in [1.54, 1.807) is 29.8 Å². The van der Waals surface area contributed by atoms with Crippen LogP contribution in [-0.2, 0) is 6.54 Å². The highest BCUT2D eigenvalue weighted by Gasteiger charge is 2.18. The number of nitrogens with zero attached hydrogens (tertiary/aromatic N) is 3. The van der Waals surface area contributed by atoms with Gasteiger partial charge in [-0.3, -0.25) is 10.1 Å². The van der Waals surface area contributed by atoms with Gasteiger partial charge < -0.3 is 10.6 Å². The molecule has 0 aliphatic heterocycles. The van der Waals surface area contributed by atoms with Gasteiger partial charge in [-0.2, -0.15) is 5.10 Å². The number of aromatic amines is 1. The van der Waals surface area contributed by atoms with Crippen LogP contribution in [0.1, 0.15) is 66.8 Å². The third-order valence-electron chi connectivity index (χ3n) is 8.00. The summed E-state index contributed by atoms with van der Waals surface area (Å²) in [5, 5.41) is 15.0. The molecule has 0 atom stereocenters. The fraction of sp³-hybridized carbons (Fsp3) is 0.286. The number of anilines is 1. The normalized spacial score (nSPS) is 14.7. The smallest absolute Gasteiger partial charge is 0.142 e. The summed E-state index contributed by atoms with van der Waals surface area (Å²) < 4.78 is 16.3. The standard InChI is InChI=1S/C35H39FN6S/c1-7-29-32(33(36)22(4)27-16-26(19-38-20-27)18-37-17-25-10-8-9-11-25)34(42-41-29)24(6)40-35-23(5)28(14-15-39-35)31-13-12-30(43-31)21(2)3/h7,12-16,19-20,25,37,41H,2,4,6,8-11,17-18H2,1,3,5H3,(H,39,40)/b29-7+,33-32-. The lowest BCUT2D eigenvalue weighted by atomic mass is 10.0. The largest absolute Gasteiger partial charge is 0.339 e. The summed E-state index contributed by atoms with van der Waals surface area (Å²) in [5.41, 5.74) is 5.69. The zero-order chi connectivity index (χ0) is 30.5. The van der Waals surface area contributed by atoms with Crippen molar-refractivity contribution in [1.29, 1.82) is 0 Å². The van der Waals surface area contributed by atoms with Crippen LogP contribution in [0.5, 0.6) is 0 Å². The Bertz CT molecular complexity index is 1790. The van der Waals surface area contributed by atoms with Gasteiger partial charge in [0.1, 0.15) is 17.3 Å². The Morgan fingerprint density at radius 1 is 1.16 bits per heavy atom. The Balaban J connectivity index is 1.40. The van der Waals surface area contributed by atoms with Crippen LogP contribution in [0, 0.1) is 12.8 Å². The van der Waals surface area contributed by atoms with Crippen molar-refractivity contribution >= 4 is 45.9 Å². The Morgan fingerprint density at radius 3 is 2.67 bits per heavy atom. The highest BCUT2D eigenvalue weighted by molar-refractivity contribution is 7.16. The van der Waals surface area contributed by atoms with Gasteiger partial charge in [-0.25, -0.2) is 9.37 Å². The second-order valence-corrected chi connectivity index (χ2v) is 12.3. The molecule has 1 saturated carbocycles. The minimum atomic E-state index is -0.484. The van der Waals surface area contributed by atoms with Gasteiger partial charge in [0.2, 0.25) is 0 Å². The van der Waals surface area contributed by atoms with Crippen molar-refractivity contribution < 1.29 is 4.39 Å². The third-order valence-corrected chi connectivity index (χ3v) is 9.28. The summed E-state index contributed by atoms with van der Waals surface area (Å²) in [7, 11) is 0. The van der Waals surface area contributed by atoms with E-state index in [0.717, 1.165) is 44.5 Å². The van der Waals surface area contributed by atoms with E-state index in [2.05, 4.69) is 62.7 Å². The molecule has 1 aliphatic carbocycles. The van der Waals surface area contributed by atoms with Crippen molar-refractivity contribution in [2.75, 3.05) is 11.9 Å². The predicted octanol–water partition coefficient (Wildman–Crippen LogP) is 7.22. The molecule has 4 heterocycles. The number of aromatic nitrogens is 4. The highest BCUT2D eigenvalue weighted by Crippen LogP contribution is 2.35. The van der Waals surface area contributed by atoms with Gasteiger partial charge in [-0.15, -0.1) is 11.3 Å². The molecule has 0 unspecified atom stereocenters. The monoisotopic (exact) mass is 594 g/mol. The second-order valence-electron chi connectivity index (χ2n) is 11.2. The van der Waals surface area contributed by atoms with Crippen LogP contribution in [0.4, 0.5) is 10.2 Å². The summed E-state index contributed by atoms with van der Waals surface area (Å²) in [4.78, 5) is 11.2. The Labute approximate surface area is 256 Å². The van der Waals surface area contributed by atoms with E-state index >= 15 is 4.39 Å². The van der Waals surface area contributed by atoms with Crippen molar-refractivity contribution in [2.24, 2.45) is 5.92 Å². The first kappa shape index (κ1) is 30.3. The molecule has 0 saturated heterocycles. The van der Waals surface area contributed by atoms with Crippen molar-refractivity contribution in [1.82, 2.24) is 25.5 Å². The molecule has 3 N–H and O–H groups in total. The molecule has 1 aliphatic rings. The molecule has 0 radical (unpaired) electrons. The molecular weight excluding hydrogens is 555 g/mol. The first-order valence-corrected chi connectivity index (χ1v) is 15.5. The SMILES string of the molecule is C=C(/C(F)=c1/c(C(=C)Nc2nccc(-c3ccc(C(=C)C)s3)c2C)n[nH]/c1=C/C)c1cncc(CNCC2CCCC2)c1.